The van der Waals surface area contributed by atoms with E-state index < -0.39 is 11.4 Å². The maximum absolute atomic E-state index is 11.1. The van der Waals surface area contributed by atoms with E-state index in [1.165, 1.54) is 12.3 Å². The lowest BCUT2D eigenvalue weighted by molar-refractivity contribution is 0.0694. The maximum Gasteiger partial charge on any atom is 0.341 e. The van der Waals surface area contributed by atoms with Crippen LogP contribution in [0.1, 0.15) is 23.7 Å². The fraction of sp³-hybridized carbons (Fsp3) is 0.273. The Morgan fingerprint density at radius 3 is 2.93 bits per heavy atom. The number of hydrogen-bond donors (Lipinski definition) is 1. The van der Waals surface area contributed by atoms with Gasteiger partial charge in [-0.3, -0.25) is 4.79 Å². The lowest BCUT2D eigenvalue weighted by atomic mass is 10.2. The van der Waals surface area contributed by atoms with Crippen LogP contribution in [0.4, 0.5) is 0 Å². The summed E-state index contributed by atoms with van der Waals surface area (Å²) in [5, 5.41) is 8.72. The molecule has 0 aliphatic heterocycles. The SMILES string of the molecule is CC#CCCn1ccc(=O)c(C(=O)O)c1. The van der Waals surface area contributed by atoms with Gasteiger partial charge in [0, 0.05) is 31.4 Å². The molecule has 0 aliphatic rings. The Morgan fingerprint density at radius 1 is 1.60 bits per heavy atom. The lowest BCUT2D eigenvalue weighted by Gasteiger charge is -2.03. The van der Waals surface area contributed by atoms with Crippen molar-refractivity contribution in [3.05, 3.63) is 34.2 Å². The Balaban J connectivity index is 2.91. The van der Waals surface area contributed by atoms with Gasteiger partial charge in [0.2, 0.25) is 0 Å². The van der Waals surface area contributed by atoms with Crippen LogP contribution < -0.4 is 5.43 Å². The smallest absolute Gasteiger partial charge is 0.341 e. The zero-order valence-electron chi connectivity index (χ0n) is 8.36. The molecule has 0 amide bonds. The third kappa shape index (κ3) is 2.99. The summed E-state index contributed by atoms with van der Waals surface area (Å²) in [6, 6.07) is 1.25. The number of aryl methyl sites for hydroxylation is 1. The second-order valence-electron chi connectivity index (χ2n) is 2.94. The molecule has 0 spiro atoms. The van der Waals surface area contributed by atoms with Crippen LogP contribution in [-0.4, -0.2) is 15.6 Å². The molecule has 4 heteroatoms. The molecule has 1 rings (SSSR count). The summed E-state index contributed by atoms with van der Waals surface area (Å²) < 4.78 is 1.65. The average molecular weight is 205 g/mol. The van der Waals surface area contributed by atoms with Gasteiger partial charge in [-0.05, 0) is 6.92 Å². The summed E-state index contributed by atoms with van der Waals surface area (Å²) in [7, 11) is 0. The zero-order chi connectivity index (χ0) is 11.3. The summed E-state index contributed by atoms with van der Waals surface area (Å²) in [5.74, 6) is 4.41. The Kier molecular flexibility index (Phi) is 3.69. The number of aromatic carboxylic acids is 1. The first-order valence-corrected chi connectivity index (χ1v) is 4.48. The van der Waals surface area contributed by atoms with Crippen molar-refractivity contribution < 1.29 is 9.90 Å². The van der Waals surface area contributed by atoms with Crippen LogP contribution in [0.5, 0.6) is 0 Å². The predicted molar refractivity (Wildman–Crippen MR) is 55.7 cm³/mol. The summed E-state index contributed by atoms with van der Waals surface area (Å²) in [4.78, 5) is 21.8. The highest BCUT2D eigenvalue weighted by Gasteiger charge is 2.07. The number of aromatic nitrogens is 1. The number of hydrogen-bond acceptors (Lipinski definition) is 2. The molecule has 1 aromatic rings. The molecular weight excluding hydrogens is 194 g/mol. The van der Waals surface area contributed by atoms with Gasteiger partial charge in [0.1, 0.15) is 5.56 Å². The van der Waals surface area contributed by atoms with E-state index in [1.54, 1.807) is 17.7 Å². The molecule has 0 unspecified atom stereocenters. The molecule has 0 saturated heterocycles. The molecule has 0 aromatic carbocycles. The van der Waals surface area contributed by atoms with Gasteiger partial charge in [0.05, 0.1) is 0 Å². The number of nitrogens with zero attached hydrogens (tertiary/aromatic N) is 1. The van der Waals surface area contributed by atoms with E-state index in [9.17, 15) is 9.59 Å². The minimum atomic E-state index is -1.20. The molecule has 0 bridgehead atoms. The van der Waals surface area contributed by atoms with Gasteiger partial charge in [-0.2, -0.15) is 0 Å². The summed E-state index contributed by atoms with van der Waals surface area (Å²) in [5.41, 5.74) is -0.678. The van der Waals surface area contributed by atoms with E-state index >= 15 is 0 Å². The van der Waals surface area contributed by atoms with Gasteiger partial charge in [-0.1, -0.05) is 0 Å². The Labute approximate surface area is 87.2 Å². The molecule has 0 atom stereocenters. The monoisotopic (exact) mass is 205 g/mol. The second kappa shape index (κ2) is 5.01. The van der Waals surface area contributed by atoms with Crippen molar-refractivity contribution in [2.24, 2.45) is 0 Å². The van der Waals surface area contributed by atoms with E-state index in [0.29, 0.717) is 13.0 Å². The third-order valence-corrected chi connectivity index (χ3v) is 1.88. The van der Waals surface area contributed by atoms with Crippen LogP contribution in [-0.2, 0) is 6.54 Å². The number of carboxylic acid groups (broad SMARTS) is 1. The number of carboxylic acids is 1. The first kappa shape index (κ1) is 11.1. The van der Waals surface area contributed by atoms with E-state index in [4.69, 9.17) is 5.11 Å². The highest BCUT2D eigenvalue weighted by atomic mass is 16.4. The molecule has 0 saturated carbocycles. The van der Waals surface area contributed by atoms with Crippen molar-refractivity contribution in [3.8, 4) is 11.8 Å². The first-order chi connectivity index (χ1) is 7.15. The molecule has 0 radical (unpaired) electrons. The maximum atomic E-state index is 11.1. The second-order valence-corrected chi connectivity index (χ2v) is 2.94. The van der Waals surface area contributed by atoms with E-state index in [-0.39, 0.29) is 5.56 Å². The van der Waals surface area contributed by atoms with Crippen molar-refractivity contribution in [3.63, 3.8) is 0 Å². The summed E-state index contributed by atoms with van der Waals surface area (Å²) in [6.45, 7) is 2.33. The van der Waals surface area contributed by atoms with Crippen LogP contribution in [0.2, 0.25) is 0 Å². The molecule has 15 heavy (non-hydrogen) atoms. The minimum absolute atomic E-state index is 0.207. The predicted octanol–water partition coefficient (Wildman–Crippen LogP) is 0.960. The van der Waals surface area contributed by atoms with Gasteiger partial charge in [0.25, 0.3) is 0 Å². The molecule has 78 valence electrons. The topological polar surface area (TPSA) is 59.3 Å². The normalized spacial score (nSPS) is 9.13. The van der Waals surface area contributed by atoms with Gasteiger partial charge in [-0.25, -0.2) is 4.79 Å². The van der Waals surface area contributed by atoms with Crippen molar-refractivity contribution in [2.75, 3.05) is 0 Å². The Morgan fingerprint density at radius 2 is 2.33 bits per heavy atom. The molecule has 1 N–H and O–H groups in total. The molecular formula is C11H11NO3. The molecule has 0 fully saturated rings. The van der Waals surface area contributed by atoms with Gasteiger partial charge < -0.3 is 9.67 Å². The number of carbonyl (C=O) groups is 1. The summed E-state index contributed by atoms with van der Waals surface area (Å²) in [6.07, 6.45) is 3.53. The average Bonchev–Trinajstić information content (AvgIpc) is 2.20. The molecule has 1 aromatic heterocycles. The third-order valence-electron chi connectivity index (χ3n) is 1.88. The quantitative estimate of drug-likeness (QED) is 0.748. The van der Waals surface area contributed by atoms with Gasteiger partial charge >= 0.3 is 5.97 Å². The highest BCUT2D eigenvalue weighted by Crippen LogP contribution is 1.94. The van der Waals surface area contributed by atoms with Gasteiger partial charge in [-0.15, -0.1) is 11.8 Å². The van der Waals surface area contributed by atoms with Crippen LogP contribution in [0.15, 0.2) is 23.3 Å². The molecule has 0 aliphatic carbocycles. The number of rotatable bonds is 3. The van der Waals surface area contributed by atoms with Gasteiger partial charge in [0.15, 0.2) is 5.43 Å². The van der Waals surface area contributed by atoms with Crippen LogP contribution in [0.3, 0.4) is 0 Å². The van der Waals surface area contributed by atoms with Crippen molar-refractivity contribution in [1.82, 2.24) is 4.57 Å². The highest BCUT2D eigenvalue weighted by molar-refractivity contribution is 5.86. The number of pyridine rings is 1. The summed E-state index contributed by atoms with van der Waals surface area (Å²) >= 11 is 0. The van der Waals surface area contributed by atoms with Crippen LogP contribution in [0.25, 0.3) is 0 Å². The first-order valence-electron chi connectivity index (χ1n) is 4.48. The van der Waals surface area contributed by atoms with Crippen molar-refractivity contribution >= 4 is 5.97 Å². The fourth-order valence-corrected chi connectivity index (χ4v) is 1.14. The van der Waals surface area contributed by atoms with E-state index in [2.05, 4.69) is 11.8 Å². The standard InChI is InChI=1S/C11H11NO3/c1-2-3-4-6-12-7-5-10(13)9(8-12)11(14)15/h5,7-8H,4,6H2,1H3,(H,14,15). The van der Waals surface area contributed by atoms with E-state index in [1.807, 2.05) is 0 Å². The lowest BCUT2D eigenvalue weighted by Crippen LogP contribution is -2.16. The zero-order valence-corrected chi connectivity index (χ0v) is 8.36. The molecule has 1 heterocycles. The van der Waals surface area contributed by atoms with E-state index in [0.717, 1.165) is 0 Å². The van der Waals surface area contributed by atoms with Crippen molar-refractivity contribution in [2.45, 2.75) is 19.9 Å². The van der Waals surface area contributed by atoms with Crippen molar-refractivity contribution in [1.29, 1.82) is 0 Å². The van der Waals surface area contributed by atoms with Crippen LogP contribution in [0, 0.1) is 11.8 Å². The molecule has 4 nitrogen and oxygen atoms in total. The largest absolute Gasteiger partial charge is 0.477 e. The fourth-order valence-electron chi connectivity index (χ4n) is 1.14. The Hall–Kier alpha value is -2.02. The van der Waals surface area contributed by atoms with Crippen LogP contribution >= 0.6 is 0 Å². The minimum Gasteiger partial charge on any atom is -0.477 e. The Bertz CT molecular complexity index is 477.